The fraction of sp³-hybridized carbons (Fsp3) is 0.722. The molecule has 2 unspecified atom stereocenters. The SMILES string of the molecule is COC1C(O[Si](C)(C)C(C)(C)C)[C@@H](CO)O[C@H]1n1ccc(NC(C)=O)nc1=O. The smallest absolute Gasteiger partial charge is 0.351 e. The van der Waals surface area contributed by atoms with Gasteiger partial charge in [0.05, 0.1) is 6.61 Å². The van der Waals surface area contributed by atoms with Gasteiger partial charge in [0.25, 0.3) is 0 Å². The molecule has 0 radical (unpaired) electrons. The molecule has 1 saturated heterocycles. The van der Waals surface area contributed by atoms with Crippen LogP contribution in [-0.4, -0.2) is 60.9 Å². The maximum absolute atomic E-state index is 12.5. The van der Waals surface area contributed by atoms with Gasteiger partial charge in [0.2, 0.25) is 5.91 Å². The number of hydrogen-bond donors (Lipinski definition) is 2. The van der Waals surface area contributed by atoms with Crippen molar-refractivity contribution in [2.75, 3.05) is 19.0 Å². The molecular weight excluding hydrogens is 382 g/mol. The van der Waals surface area contributed by atoms with E-state index in [1.165, 1.54) is 30.9 Å². The summed E-state index contributed by atoms with van der Waals surface area (Å²) >= 11 is 0. The van der Waals surface area contributed by atoms with E-state index < -0.39 is 38.5 Å². The minimum atomic E-state index is -2.18. The van der Waals surface area contributed by atoms with Crippen LogP contribution in [0.3, 0.4) is 0 Å². The van der Waals surface area contributed by atoms with Crippen molar-refractivity contribution in [3.05, 3.63) is 22.7 Å². The molecule has 2 rings (SSSR count). The fourth-order valence-electron chi connectivity index (χ4n) is 2.85. The molecule has 10 heteroatoms. The maximum atomic E-state index is 12.5. The zero-order valence-electron chi connectivity index (χ0n) is 17.6. The molecule has 0 bridgehead atoms. The number of aliphatic hydroxyl groups excluding tert-OH is 1. The predicted molar refractivity (Wildman–Crippen MR) is 107 cm³/mol. The summed E-state index contributed by atoms with van der Waals surface area (Å²) in [6, 6.07) is 1.51. The number of rotatable bonds is 6. The highest BCUT2D eigenvalue weighted by Crippen LogP contribution is 2.41. The lowest BCUT2D eigenvalue weighted by atomic mass is 10.1. The Kier molecular flexibility index (Phi) is 6.82. The summed E-state index contributed by atoms with van der Waals surface area (Å²) < 4.78 is 19.3. The van der Waals surface area contributed by atoms with Crippen LogP contribution in [0.15, 0.2) is 17.1 Å². The van der Waals surface area contributed by atoms with Crippen molar-refractivity contribution in [1.82, 2.24) is 9.55 Å². The van der Waals surface area contributed by atoms with Gasteiger partial charge in [-0.15, -0.1) is 0 Å². The fourth-order valence-corrected chi connectivity index (χ4v) is 4.17. The monoisotopic (exact) mass is 413 g/mol. The number of nitrogens with zero attached hydrogens (tertiary/aromatic N) is 2. The molecule has 158 valence electrons. The van der Waals surface area contributed by atoms with Gasteiger partial charge in [-0.1, -0.05) is 20.8 Å². The summed E-state index contributed by atoms with van der Waals surface area (Å²) in [4.78, 5) is 27.5. The van der Waals surface area contributed by atoms with E-state index in [1.54, 1.807) is 0 Å². The molecule has 9 nitrogen and oxygen atoms in total. The van der Waals surface area contributed by atoms with Gasteiger partial charge in [-0.2, -0.15) is 4.98 Å². The van der Waals surface area contributed by atoms with Crippen molar-refractivity contribution in [2.24, 2.45) is 0 Å². The van der Waals surface area contributed by atoms with Crippen molar-refractivity contribution in [3.63, 3.8) is 0 Å². The van der Waals surface area contributed by atoms with Gasteiger partial charge in [0.15, 0.2) is 14.5 Å². The van der Waals surface area contributed by atoms with Crippen molar-refractivity contribution in [2.45, 2.75) is 70.4 Å². The normalized spacial score (nSPS) is 25.7. The van der Waals surface area contributed by atoms with E-state index in [1.807, 2.05) is 0 Å². The molecule has 0 spiro atoms. The number of carbonyl (C=O) groups is 1. The van der Waals surface area contributed by atoms with Crippen LogP contribution in [0, 0.1) is 0 Å². The summed E-state index contributed by atoms with van der Waals surface area (Å²) in [5.41, 5.74) is -0.594. The summed E-state index contributed by atoms with van der Waals surface area (Å²) in [5.74, 6) is -0.159. The Labute approximate surface area is 166 Å². The second kappa shape index (κ2) is 8.42. The standard InChI is InChI=1S/C18H31N3O6Si/c1-11(23)19-13-8-9-21(17(24)20-13)16-15(25-5)14(12(10-22)26-16)27-28(6,7)18(2,3)4/h8-9,12,14-16,22H,10H2,1-7H3,(H,19,20,23,24)/t12-,14?,15?,16-/m1/s1. The average Bonchev–Trinajstić information content (AvgIpc) is 2.90. The van der Waals surface area contributed by atoms with Crippen LogP contribution in [0.2, 0.25) is 18.1 Å². The quantitative estimate of drug-likeness (QED) is 0.680. The van der Waals surface area contributed by atoms with Crippen molar-refractivity contribution in [3.8, 4) is 0 Å². The number of hydrogen-bond acceptors (Lipinski definition) is 7. The molecule has 0 aliphatic carbocycles. The highest BCUT2D eigenvalue weighted by molar-refractivity contribution is 6.74. The van der Waals surface area contributed by atoms with E-state index in [2.05, 4.69) is 44.2 Å². The largest absolute Gasteiger partial charge is 0.408 e. The third kappa shape index (κ3) is 4.69. The van der Waals surface area contributed by atoms with E-state index >= 15 is 0 Å². The Morgan fingerprint density at radius 2 is 2.04 bits per heavy atom. The topological polar surface area (TPSA) is 112 Å². The Morgan fingerprint density at radius 1 is 1.39 bits per heavy atom. The van der Waals surface area contributed by atoms with E-state index in [4.69, 9.17) is 13.9 Å². The first-order valence-corrected chi connectivity index (χ1v) is 12.2. The molecule has 1 aliphatic rings. The van der Waals surface area contributed by atoms with Crippen LogP contribution in [0.1, 0.15) is 33.9 Å². The summed E-state index contributed by atoms with van der Waals surface area (Å²) in [6.07, 6.45) is -1.07. The number of methoxy groups -OCH3 is 1. The molecule has 1 aliphatic heterocycles. The molecule has 28 heavy (non-hydrogen) atoms. The second-order valence-corrected chi connectivity index (χ2v) is 13.2. The van der Waals surface area contributed by atoms with Crippen molar-refractivity contribution < 1.29 is 23.8 Å². The van der Waals surface area contributed by atoms with E-state index in [0.29, 0.717) is 0 Å². The Bertz CT molecular complexity index is 760. The van der Waals surface area contributed by atoms with Gasteiger partial charge in [0, 0.05) is 20.2 Å². The number of carbonyl (C=O) groups excluding carboxylic acids is 1. The van der Waals surface area contributed by atoms with E-state index in [-0.39, 0.29) is 23.4 Å². The predicted octanol–water partition coefficient (Wildman–Crippen LogP) is 1.50. The number of nitrogens with one attached hydrogen (secondary N) is 1. The number of aromatic nitrogens is 2. The first kappa shape index (κ1) is 22.7. The number of anilines is 1. The lowest BCUT2D eigenvalue weighted by Gasteiger charge is -2.40. The van der Waals surface area contributed by atoms with Crippen LogP contribution in [0.4, 0.5) is 5.82 Å². The molecule has 2 heterocycles. The first-order chi connectivity index (χ1) is 12.9. The average molecular weight is 414 g/mol. The molecule has 2 N–H and O–H groups in total. The molecule has 0 saturated carbocycles. The van der Waals surface area contributed by atoms with Gasteiger partial charge in [0.1, 0.15) is 24.1 Å². The second-order valence-electron chi connectivity index (χ2n) is 8.47. The third-order valence-electron chi connectivity index (χ3n) is 5.38. The van der Waals surface area contributed by atoms with Crippen LogP contribution in [0.25, 0.3) is 0 Å². The third-order valence-corrected chi connectivity index (χ3v) is 9.86. The molecule has 1 aromatic heterocycles. The minimum absolute atomic E-state index is 0.0399. The Balaban J connectivity index is 2.34. The Morgan fingerprint density at radius 3 is 2.50 bits per heavy atom. The molecule has 0 aromatic carbocycles. The molecule has 1 aromatic rings. The molecule has 1 fully saturated rings. The molecular formula is C18H31N3O6Si. The first-order valence-electron chi connectivity index (χ1n) is 9.25. The van der Waals surface area contributed by atoms with Crippen LogP contribution in [-0.2, 0) is 18.7 Å². The van der Waals surface area contributed by atoms with E-state index in [9.17, 15) is 14.7 Å². The van der Waals surface area contributed by atoms with Gasteiger partial charge < -0.3 is 24.3 Å². The summed E-state index contributed by atoms with van der Waals surface area (Å²) in [6.45, 7) is 11.7. The highest BCUT2D eigenvalue weighted by atomic mass is 28.4. The Hall–Kier alpha value is -1.59. The van der Waals surface area contributed by atoms with Gasteiger partial charge >= 0.3 is 5.69 Å². The summed E-state index contributed by atoms with van der Waals surface area (Å²) in [5, 5.41) is 12.3. The van der Waals surface area contributed by atoms with Gasteiger partial charge in [-0.05, 0) is 24.2 Å². The highest BCUT2D eigenvalue weighted by Gasteiger charge is 2.51. The number of aliphatic hydroxyl groups is 1. The molecule has 1 amide bonds. The summed E-state index contributed by atoms with van der Waals surface area (Å²) in [7, 11) is -0.658. The lowest BCUT2D eigenvalue weighted by Crippen LogP contribution is -2.50. The van der Waals surface area contributed by atoms with Crippen LogP contribution in [0.5, 0.6) is 0 Å². The van der Waals surface area contributed by atoms with Crippen LogP contribution >= 0.6 is 0 Å². The van der Waals surface area contributed by atoms with Gasteiger partial charge in [-0.25, -0.2) is 4.79 Å². The van der Waals surface area contributed by atoms with Crippen molar-refractivity contribution in [1.29, 1.82) is 0 Å². The zero-order valence-corrected chi connectivity index (χ0v) is 18.6. The number of amides is 1. The van der Waals surface area contributed by atoms with Crippen LogP contribution < -0.4 is 11.0 Å². The van der Waals surface area contributed by atoms with E-state index in [0.717, 1.165) is 0 Å². The maximum Gasteiger partial charge on any atom is 0.351 e. The van der Waals surface area contributed by atoms with Crippen molar-refractivity contribution >= 4 is 20.0 Å². The zero-order chi connectivity index (χ0) is 21.3. The molecule has 4 atom stereocenters. The lowest BCUT2D eigenvalue weighted by molar-refractivity contribution is -0.114. The van der Waals surface area contributed by atoms with Gasteiger partial charge in [-0.3, -0.25) is 9.36 Å². The minimum Gasteiger partial charge on any atom is -0.408 e. The number of ether oxygens (including phenoxy) is 2.